The summed E-state index contributed by atoms with van der Waals surface area (Å²) in [5, 5.41) is 10.1. The van der Waals surface area contributed by atoms with Gasteiger partial charge in [-0.15, -0.1) is 5.60 Å². The summed E-state index contributed by atoms with van der Waals surface area (Å²) in [6.45, 7) is 18.9. The summed E-state index contributed by atoms with van der Waals surface area (Å²) >= 11 is 0. The molecule has 2 aromatic carbocycles. The number of carbonyl (C=O) groups excluding carboxylic acids is 1. The van der Waals surface area contributed by atoms with E-state index in [0.717, 1.165) is 54.4 Å². The number of rotatable bonds is 4. The van der Waals surface area contributed by atoms with Gasteiger partial charge >= 0.3 is 51.4 Å². The van der Waals surface area contributed by atoms with Crippen molar-refractivity contribution in [1.29, 1.82) is 0 Å². The molecule has 0 aromatic heterocycles. The number of ketones is 1. The third-order valence-corrected chi connectivity index (χ3v) is 6.96. The zero-order valence-electron chi connectivity index (χ0n) is 23.9. The Hall–Kier alpha value is -1.09. The maximum atomic E-state index is 13.2. The molecule has 1 unspecified atom stereocenters. The van der Waals surface area contributed by atoms with Gasteiger partial charge in [-0.05, 0) is 75.1 Å². The number of fused-ring (bicyclic) bond motifs is 1. The minimum Gasteiger partial charge on any atom is -0.850 e. The molecule has 2 aliphatic rings. The fourth-order valence-electron chi connectivity index (χ4n) is 4.73. The second kappa shape index (κ2) is 12.2. The van der Waals surface area contributed by atoms with Crippen molar-refractivity contribution < 1.29 is 70.8 Å². The molecule has 2 heterocycles. The van der Waals surface area contributed by atoms with Gasteiger partial charge in [-0.2, -0.15) is 0 Å². The van der Waals surface area contributed by atoms with E-state index >= 15 is 0 Å². The fourth-order valence-corrected chi connectivity index (χ4v) is 4.73. The zero-order chi connectivity index (χ0) is 26.1. The summed E-state index contributed by atoms with van der Waals surface area (Å²) in [4.78, 5) is 18.0. The minimum absolute atomic E-state index is 0. The van der Waals surface area contributed by atoms with Gasteiger partial charge in [0.05, 0.1) is 12.7 Å². The van der Waals surface area contributed by atoms with Gasteiger partial charge in [0.2, 0.25) is 5.78 Å². The summed E-state index contributed by atoms with van der Waals surface area (Å²) in [5.74, 6) is 1.79. The van der Waals surface area contributed by atoms with Crippen molar-refractivity contribution in [3.63, 3.8) is 0 Å². The van der Waals surface area contributed by atoms with E-state index in [1.165, 1.54) is 16.9 Å². The van der Waals surface area contributed by atoms with Crippen molar-refractivity contribution in [1.82, 2.24) is 0 Å². The number of benzene rings is 2. The van der Waals surface area contributed by atoms with Gasteiger partial charge in [-0.25, -0.2) is 0 Å². The van der Waals surface area contributed by atoms with E-state index < -0.39 is 11.2 Å². The number of methoxy groups -OCH3 is 1. The van der Waals surface area contributed by atoms with Crippen molar-refractivity contribution in [2.45, 2.75) is 73.0 Å². The number of nitrogens with zero attached hydrogens (tertiary/aromatic N) is 2. The quantitative estimate of drug-likeness (QED) is 0.574. The van der Waals surface area contributed by atoms with E-state index in [-0.39, 0.29) is 57.2 Å². The Labute approximate surface area is 259 Å². The average molecular weight is 521 g/mol. The van der Waals surface area contributed by atoms with Crippen LogP contribution in [0.3, 0.4) is 0 Å². The van der Waals surface area contributed by atoms with Gasteiger partial charge < -0.3 is 24.4 Å². The van der Waals surface area contributed by atoms with Crippen molar-refractivity contribution in [2.24, 2.45) is 0 Å². The molecule has 2 aliphatic heterocycles. The molecular weight excluding hydrogens is 479 g/mol. The molecule has 4 rings (SSSR count). The third kappa shape index (κ3) is 6.66. The molecule has 0 spiro atoms. The van der Waals surface area contributed by atoms with E-state index in [9.17, 15) is 9.90 Å². The van der Waals surface area contributed by atoms with Crippen LogP contribution in [-0.2, 0) is 0 Å². The largest absolute Gasteiger partial charge is 1.00 e. The molecule has 2 aromatic rings. The van der Waals surface area contributed by atoms with E-state index in [0.29, 0.717) is 6.42 Å². The monoisotopic (exact) mass is 520 g/mol. The first kappa shape index (κ1) is 31.1. The molecule has 6 nitrogen and oxygen atoms in total. The van der Waals surface area contributed by atoms with Crippen LogP contribution in [0.15, 0.2) is 24.3 Å². The fraction of sp³-hybridized carbons (Fsp3) is 0.552. The SMILES string of the molecule is CC(C)(C)[O-].CCC1(C)Oc2c(C)c(C)c(N3CCN(c4ccc(OC)cc4)CC3)c(C)c2C1=O.[K+]. The molecule has 36 heavy (non-hydrogen) atoms. The Bertz CT molecular complexity index is 1060. The number of hydrogen-bond acceptors (Lipinski definition) is 6. The number of anilines is 2. The molecule has 0 N–H and O–H groups in total. The summed E-state index contributed by atoms with van der Waals surface area (Å²) < 4.78 is 11.5. The predicted octanol–water partition coefficient (Wildman–Crippen LogP) is 1.84. The smallest absolute Gasteiger partial charge is 0.850 e. The van der Waals surface area contributed by atoms with Crippen LogP contribution in [-0.4, -0.2) is 50.3 Å². The maximum absolute atomic E-state index is 13.2. The number of carbonyl (C=O) groups is 1. The molecule has 0 bridgehead atoms. The third-order valence-electron chi connectivity index (χ3n) is 6.96. The molecule has 0 aliphatic carbocycles. The van der Waals surface area contributed by atoms with Crippen LogP contribution >= 0.6 is 0 Å². The molecule has 1 atom stereocenters. The molecule has 0 amide bonds. The van der Waals surface area contributed by atoms with Crippen LogP contribution in [0.2, 0.25) is 0 Å². The standard InChI is InChI=1S/C25H32N2O3.C4H9O.K/c1-7-25(5)24(28)21-18(4)22(16(2)17(3)23(21)30-25)27-14-12-26(13-15-27)19-8-10-20(29-6)11-9-19;1-4(2,3)5;/h8-11H,7,12-15H2,1-6H3;1-3H3;/q;-1;+1. The Kier molecular flexibility index (Phi) is 10.5. The first-order valence-electron chi connectivity index (χ1n) is 12.5. The van der Waals surface area contributed by atoms with E-state index in [4.69, 9.17) is 9.47 Å². The van der Waals surface area contributed by atoms with Crippen molar-refractivity contribution in [3.8, 4) is 11.5 Å². The van der Waals surface area contributed by atoms with Gasteiger partial charge in [0, 0.05) is 37.6 Å². The van der Waals surface area contributed by atoms with Crippen molar-refractivity contribution in [3.05, 3.63) is 46.5 Å². The normalized spacial score (nSPS) is 19.1. The first-order valence-corrected chi connectivity index (χ1v) is 12.5. The van der Waals surface area contributed by atoms with E-state index in [1.54, 1.807) is 27.9 Å². The average Bonchev–Trinajstić information content (AvgIpc) is 3.09. The first-order chi connectivity index (χ1) is 16.3. The minimum atomic E-state index is -0.750. The van der Waals surface area contributed by atoms with Crippen LogP contribution in [0.25, 0.3) is 0 Å². The Morgan fingerprint density at radius 3 is 1.94 bits per heavy atom. The molecule has 0 saturated carbocycles. The molecular formula is C29H41KN2O4. The number of hydrogen-bond donors (Lipinski definition) is 0. The Balaban J connectivity index is 0.000000694. The van der Waals surface area contributed by atoms with Gasteiger partial charge in [0.1, 0.15) is 11.5 Å². The summed E-state index contributed by atoms with van der Waals surface area (Å²) in [6.07, 6.45) is 0.675. The van der Waals surface area contributed by atoms with Gasteiger partial charge in [0.15, 0.2) is 5.60 Å². The zero-order valence-corrected chi connectivity index (χ0v) is 27.0. The molecule has 1 saturated heterocycles. The second-order valence-corrected chi connectivity index (χ2v) is 10.7. The number of ether oxygens (including phenoxy) is 2. The predicted molar refractivity (Wildman–Crippen MR) is 141 cm³/mol. The van der Waals surface area contributed by atoms with E-state index in [1.807, 2.05) is 26.0 Å². The topological polar surface area (TPSA) is 65.1 Å². The van der Waals surface area contributed by atoms with Gasteiger partial charge in [-0.1, -0.05) is 27.7 Å². The summed E-state index contributed by atoms with van der Waals surface area (Å²) in [7, 11) is 1.69. The van der Waals surface area contributed by atoms with Crippen LogP contribution in [0.5, 0.6) is 11.5 Å². The van der Waals surface area contributed by atoms with Gasteiger partial charge in [-0.3, -0.25) is 4.79 Å². The summed E-state index contributed by atoms with van der Waals surface area (Å²) in [5.41, 5.74) is 5.10. The van der Waals surface area contributed by atoms with Crippen LogP contribution in [0, 0.1) is 20.8 Å². The van der Waals surface area contributed by atoms with Crippen molar-refractivity contribution >= 4 is 17.2 Å². The van der Waals surface area contributed by atoms with Crippen LogP contribution in [0.4, 0.5) is 11.4 Å². The second-order valence-electron chi connectivity index (χ2n) is 10.7. The van der Waals surface area contributed by atoms with E-state index in [2.05, 4.69) is 42.7 Å². The van der Waals surface area contributed by atoms with Crippen LogP contribution in [0.1, 0.15) is 68.1 Å². The Morgan fingerprint density at radius 1 is 0.972 bits per heavy atom. The number of Topliss-reactive ketones (excluding diaryl/α,β-unsaturated/α-hetero) is 1. The molecule has 192 valence electrons. The molecule has 0 radical (unpaired) electrons. The number of piperazine rings is 1. The molecule has 7 heteroatoms. The van der Waals surface area contributed by atoms with Gasteiger partial charge in [0.25, 0.3) is 0 Å². The molecule has 1 fully saturated rings. The maximum Gasteiger partial charge on any atom is 1.00 e. The summed E-state index contributed by atoms with van der Waals surface area (Å²) in [6, 6.07) is 8.25. The van der Waals surface area contributed by atoms with Crippen molar-refractivity contribution in [2.75, 3.05) is 43.1 Å². The Morgan fingerprint density at radius 2 is 1.47 bits per heavy atom. The van der Waals surface area contributed by atoms with Crippen LogP contribution < -0.4 is 75.8 Å².